The number of amides is 3. The Bertz CT molecular complexity index is 924. The van der Waals surface area contributed by atoms with Crippen LogP contribution in [-0.4, -0.2) is 64.7 Å². The summed E-state index contributed by atoms with van der Waals surface area (Å²) in [5.41, 5.74) is 4.60. The van der Waals surface area contributed by atoms with Gasteiger partial charge in [0.25, 0.3) is 0 Å². The molecule has 0 aliphatic carbocycles. The Morgan fingerprint density at radius 3 is 2.27 bits per heavy atom. The lowest BCUT2D eigenvalue weighted by molar-refractivity contribution is -0.159. The first-order valence-electron chi connectivity index (χ1n) is 10.5. The smallest absolute Gasteiger partial charge is 0.318 e. The second-order valence-corrected chi connectivity index (χ2v) is 8.62. The highest BCUT2D eigenvalue weighted by Gasteiger charge is 2.54. The number of fused-ring (bicyclic) bond motifs is 1. The van der Waals surface area contributed by atoms with Crippen LogP contribution in [0, 0.1) is 6.92 Å². The number of hydrogen-bond acceptors (Lipinski definition) is 3. The number of hydrogen-bond donors (Lipinski definition) is 2. The molecule has 0 spiro atoms. The fourth-order valence-corrected chi connectivity index (χ4v) is 4.64. The van der Waals surface area contributed by atoms with Gasteiger partial charge in [0.05, 0.1) is 18.7 Å². The monoisotopic (exact) mass is 407 g/mol. The van der Waals surface area contributed by atoms with Gasteiger partial charge in [-0.1, -0.05) is 54.1 Å². The minimum absolute atomic E-state index is 0.0145. The van der Waals surface area contributed by atoms with Crippen LogP contribution in [0.25, 0.3) is 11.1 Å². The molecule has 0 radical (unpaired) electrons. The van der Waals surface area contributed by atoms with Crippen molar-refractivity contribution in [1.82, 2.24) is 15.1 Å². The van der Waals surface area contributed by atoms with E-state index in [-0.39, 0.29) is 49.1 Å². The highest BCUT2D eigenvalue weighted by atomic mass is 16.3. The van der Waals surface area contributed by atoms with E-state index >= 15 is 0 Å². The fraction of sp³-hybridized carbons (Fsp3) is 0.417. The summed E-state index contributed by atoms with van der Waals surface area (Å²) < 4.78 is 0. The zero-order valence-corrected chi connectivity index (χ0v) is 17.7. The van der Waals surface area contributed by atoms with Crippen molar-refractivity contribution in [2.75, 3.05) is 19.7 Å². The van der Waals surface area contributed by atoms with Crippen molar-refractivity contribution in [2.24, 2.45) is 0 Å². The average molecular weight is 408 g/mol. The Balaban J connectivity index is 1.54. The predicted molar refractivity (Wildman–Crippen MR) is 116 cm³/mol. The van der Waals surface area contributed by atoms with Crippen LogP contribution in [0.1, 0.15) is 30.9 Å². The Hall–Kier alpha value is -2.86. The molecule has 2 fully saturated rings. The summed E-state index contributed by atoms with van der Waals surface area (Å²) in [5.74, 6) is -0.0857. The highest BCUT2D eigenvalue weighted by Crippen LogP contribution is 2.43. The first-order chi connectivity index (χ1) is 14.4. The molecule has 0 unspecified atom stereocenters. The zero-order chi connectivity index (χ0) is 21.4. The van der Waals surface area contributed by atoms with Crippen molar-refractivity contribution < 1.29 is 14.7 Å². The van der Waals surface area contributed by atoms with Gasteiger partial charge in [-0.15, -0.1) is 0 Å². The number of rotatable bonds is 4. The maximum atomic E-state index is 12.7. The number of aryl methyl sites for hydroxylation is 1. The normalized spacial score (nSPS) is 23.2. The molecule has 30 heavy (non-hydrogen) atoms. The topological polar surface area (TPSA) is 72.9 Å². The molecule has 4 rings (SSSR count). The lowest BCUT2D eigenvalue weighted by Crippen LogP contribution is -2.74. The summed E-state index contributed by atoms with van der Waals surface area (Å²) in [6.45, 7) is 6.33. The molecule has 2 aliphatic heterocycles. The third-order valence-electron chi connectivity index (χ3n) is 6.13. The van der Waals surface area contributed by atoms with E-state index in [1.165, 1.54) is 5.56 Å². The lowest BCUT2D eigenvalue weighted by atomic mass is 9.73. The van der Waals surface area contributed by atoms with Crippen LogP contribution < -0.4 is 5.32 Å². The largest absolute Gasteiger partial charge is 0.394 e. The molecule has 2 saturated heterocycles. The maximum Gasteiger partial charge on any atom is 0.318 e. The molecule has 2 aromatic carbocycles. The van der Waals surface area contributed by atoms with Gasteiger partial charge in [-0.3, -0.25) is 4.79 Å². The summed E-state index contributed by atoms with van der Waals surface area (Å²) in [6.07, 6.45) is 0. The maximum absolute atomic E-state index is 12.7. The van der Waals surface area contributed by atoms with Crippen molar-refractivity contribution >= 4 is 11.9 Å². The summed E-state index contributed by atoms with van der Waals surface area (Å²) in [6, 6.07) is 16.2. The zero-order valence-electron chi connectivity index (χ0n) is 17.7. The van der Waals surface area contributed by atoms with Gasteiger partial charge in [0, 0.05) is 18.5 Å². The van der Waals surface area contributed by atoms with E-state index in [2.05, 4.69) is 60.8 Å². The fourth-order valence-electron chi connectivity index (χ4n) is 4.64. The van der Waals surface area contributed by atoms with E-state index in [1.54, 1.807) is 9.80 Å². The number of carbonyl (C=O) groups excluding carboxylic acids is 2. The molecule has 3 amide bonds. The van der Waals surface area contributed by atoms with E-state index in [0.29, 0.717) is 6.54 Å². The minimum atomic E-state index is -0.233. The van der Waals surface area contributed by atoms with Gasteiger partial charge in [0.1, 0.15) is 6.54 Å². The number of aliphatic hydroxyl groups excluding tert-OH is 1. The summed E-state index contributed by atoms with van der Waals surface area (Å²) in [7, 11) is 0. The molecule has 6 heteroatoms. The first kappa shape index (κ1) is 20.4. The van der Waals surface area contributed by atoms with Crippen LogP contribution in [0.4, 0.5) is 4.79 Å². The second kappa shape index (κ2) is 8.11. The van der Waals surface area contributed by atoms with Crippen molar-refractivity contribution in [3.8, 4) is 11.1 Å². The molecule has 2 N–H and O–H groups in total. The SMILES string of the molecule is Cc1ccc(-c2ccc([C@@H]3[C@H](CO)N4C(=O)CN(C(=O)NC(C)C)C[C@@H]34)cc2)cc1. The Labute approximate surface area is 177 Å². The second-order valence-electron chi connectivity index (χ2n) is 8.62. The third-order valence-corrected chi connectivity index (χ3v) is 6.13. The quantitative estimate of drug-likeness (QED) is 0.819. The molecule has 0 saturated carbocycles. The van der Waals surface area contributed by atoms with Crippen molar-refractivity contribution in [2.45, 2.75) is 44.8 Å². The number of aliphatic hydroxyl groups is 1. The molecule has 0 bridgehead atoms. The Morgan fingerprint density at radius 1 is 1.10 bits per heavy atom. The minimum Gasteiger partial charge on any atom is -0.394 e. The first-order valence-corrected chi connectivity index (χ1v) is 10.5. The number of carbonyl (C=O) groups is 2. The van der Waals surface area contributed by atoms with Crippen LogP contribution in [0.2, 0.25) is 0 Å². The molecule has 6 nitrogen and oxygen atoms in total. The van der Waals surface area contributed by atoms with Gasteiger partial charge < -0.3 is 20.2 Å². The van der Waals surface area contributed by atoms with E-state index in [1.807, 2.05) is 13.8 Å². The highest BCUT2D eigenvalue weighted by molar-refractivity contribution is 5.87. The van der Waals surface area contributed by atoms with Crippen LogP contribution >= 0.6 is 0 Å². The molecule has 2 aliphatic rings. The summed E-state index contributed by atoms with van der Waals surface area (Å²) in [5, 5.41) is 12.8. The van der Waals surface area contributed by atoms with Crippen LogP contribution in [0.15, 0.2) is 48.5 Å². The Morgan fingerprint density at radius 2 is 1.70 bits per heavy atom. The average Bonchev–Trinajstić information content (AvgIpc) is 2.70. The predicted octanol–water partition coefficient (Wildman–Crippen LogP) is 2.75. The van der Waals surface area contributed by atoms with Crippen molar-refractivity contribution in [1.29, 1.82) is 0 Å². The molecular weight excluding hydrogens is 378 g/mol. The molecule has 3 atom stereocenters. The van der Waals surface area contributed by atoms with Crippen LogP contribution in [0.3, 0.4) is 0 Å². The van der Waals surface area contributed by atoms with E-state index in [0.717, 1.165) is 16.7 Å². The van der Waals surface area contributed by atoms with E-state index in [4.69, 9.17) is 0 Å². The van der Waals surface area contributed by atoms with Crippen LogP contribution in [0.5, 0.6) is 0 Å². The van der Waals surface area contributed by atoms with Crippen molar-refractivity contribution in [3.63, 3.8) is 0 Å². The number of piperazine rings is 1. The van der Waals surface area contributed by atoms with Gasteiger partial charge in [0.15, 0.2) is 0 Å². The lowest BCUT2D eigenvalue weighted by Gasteiger charge is -2.58. The number of urea groups is 1. The van der Waals surface area contributed by atoms with Gasteiger partial charge in [-0.25, -0.2) is 4.79 Å². The summed E-state index contributed by atoms with van der Waals surface area (Å²) >= 11 is 0. The van der Waals surface area contributed by atoms with E-state index in [9.17, 15) is 14.7 Å². The molecule has 2 aromatic rings. The van der Waals surface area contributed by atoms with E-state index < -0.39 is 0 Å². The standard InChI is InChI=1S/C24H29N3O3/c1-15(2)25-24(30)26-12-20-23(21(14-28)27(20)22(29)13-26)19-10-8-18(9-11-19)17-6-4-16(3)5-7-17/h4-11,15,20-21,23,28H,12-14H2,1-3H3,(H,25,30)/t20-,21-,23-/m0/s1. The third kappa shape index (κ3) is 3.67. The van der Waals surface area contributed by atoms with Gasteiger partial charge >= 0.3 is 6.03 Å². The van der Waals surface area contributed by atoms with Gasteiger partial charge in [-0.05, 0) is 37.5 Å². The molecule has 2 heterocycles. The van der Waals surface area contributed by atoms with Gasteiger partial charge in [0.2, 0.25) is 5.91 Å². The number of nitrogens with zero attached hydrogens (tertiary/aromatic N) is 2. The van der Waals surface area contributed by atoms with Crippen LogP contribution in [-0.2, 0) is 4.79 Å². The molecule has 158 valence electrons. The molecule has 0 aromatic heterocycles. The molecular formula is C24H29N3O3. The summed E-state index contributed by atoms with van der Waals surface area (Å²) in [4.78, 5) is 28.5. The van der Waals surface area contributed by atoms with Gasteiger partial charge in [-0.2, -0.15) is 0 Å². The number of nitrogens with one attached hydrogen (secondary N) is 1. The Kier molecular flexibility index (Phi) is 5.52. The number of benzene rings is 2. The van der Waals surface area contributed by atoms with Crippen molar-refractivity contribution in [3.05, 3.63) is 59.7 Å².